The number of ether oxygens (including phenoxy) is 1. The summed E-state index contributed by atoms with van der Waals surface area (Å²) in [6, 6.07) is 12.3. The van der Waals surface area contributed by atoms with Gasteiger partial charge >= 0.3 is 5.97 Å². The standard InChI is InChI=1S/C26H31N3O5/c1-17-12-18(2)15-28(14-17)23-11-10-20(13-24(23)29(32)33)26(31)34-16-25(30)27-22-9-5-7-19-6-3-4-8-21(19)22/h3-4,6,8,10-11,13,17-18,22H,5,7,9,12,14-16H2,1-2H3,(H,27,30)/t17-,18+,22-/m1/s1. The maximum atomic E-state index is 12.6. The molecule has 180 valence electrons. The fourth-order valence-corrected chi connectivity index (χ4v) is 5.28. The molecule has 0 unspecified atom stereocenters. The fourth-order valence-electron chi connectivity index (χ4n) is 5.28. The van der Waals surface area contributed by atoms with Crippen molar-refractivity contribution in [3.8, 4) is 0 Å². The van der Waals surface area contributed by atoms with Gasteiger partial charge in [-0.2, -0.15) is 0 Å². The number of benzene rings is 2. The van der Waals surface area contributed by atoms with E-state index in [0.29, 0.717) is 17.5 Å². The fraction of sp³-hybridized carbons (Fsp3) is 0.462. The van der Waals surface area contributed by atoms with Crippen molar-refractivity contribution in [2.24, 2.45) is 11.8 Å². The Morgan fingerprint density at radius 1 is 1.15 bits per heavy atom. The van der Waals surface area contributed by atoms with Gasteiger partial charge in [0.2, 0.25) is 0 Å². The summed E-state index contributed by atoms with van der Waals surface area (Å²) in [7, 11) is 0. The SMILES string of the molecule is C[C@@H]1C[C@H](C)CN(c2ccc(C(=O)OCC(=O)N[C@@H]3CCCc4ccccc43)cc2[N+](=O)[O-])C1. The molecular weight excluding hydrogens is 434 g/mol. The number of amides is 1. The van der Waals surface area contributed by atoms with Gasteiger partial charge in [-0.05, 0) is 60.8 Å². The number of carbonyl (C=O) groups is 2. The number of hydrogen-bond donors (Lipinski definition) is 1. The van der Waals surface area contributed by atoms with Crippen LogP contribution in [0.15, 0.2) is 42.5 Å². The van der Waals surface area contributed by atoms with Crippen LogP contribution in [0.3, 0.4) is 0 Å². The van der Waals surface area contributed by atoms with Crippen molar-refractivity contribution in [1.82, 2.24) is 5.32 Å². The number of nitro benzene ring substituents is 1. The van der Waals surface area contributed by atoms with Crippen LogP contribution in [0.4, 0.5) is 11.4 Å². The van der Waals surface area contributed by atoms with Crippen LogP contribution in [0.25, 0.3) is 0 Å². The lowest BCUT2D eigenvalue weighted by Gasteiger charge is -2.36. The third-order valence-electron chi connectivity index (χ3n) is 6.66. The van der Waals surface area contributed by atoms with Crippen LogP contribution in [0.1, 0.15) is 60.6 Å². The topological polar surface area (TPSA) is 102 Å². The molecule has 1 fully saturated rings. The van der Waals surface area contributed by atoms with E-state index in [1.165, 1.54) is 17.7 Å². The average molecular weight is 466 g/mol. The van der Waals surface area contributed by atoms with E-state index in [1.807, 2.05) is 23.1 Å². The third kappa shape index (κ3) is 5.38. The number of esters is 1. The maximum absolute atomic E-state index is 12.6. The molecule has 8 heteroatoms. The lowest BCUT2D eigenvalue weighted by atomic mass is 9.88. The molecule has 8 nitrogen and oxygen atoms in total. The second-order valence-corrected chi connectivity index (χ2v) is 9.60. The number of carbonyl (C=O) groups excluding carboxylic acids is 2. The Labute approximate surface area is 199 Å². The third-order valence-corrected chi connectivity index (χ3v) is 6.66. The minimum Gasteiger partial charge on any atom is -0.452 e. The molecule has 2 aliphatic rings. The highest BCUT2D eigenvalue weighted by atomic mass is 16.6. The molecule has 0 radical (unpaired) electrons. The maximum Gasteiger partial charge on any atom is 0.338 e. The number of anilines is 1. The quantitative estimate of drug-likeness (QED) is 0.385. The van der Waals surface area contributed by atoms with Gasteiger partial charge in [0, 0.05) is 19.2 Å². The lowest BCUT2D eigenvalue weighted by molar-refractivity contribution is -0.384. The number of hydrogen-bond acceptors (Lipinski definition) is 6. The van der Waals surface area contributed by atoms with Gasteiger partial charge in [-0.1, -0.05) is 38.1 Å². The Morgan fingerprint density at radius 2 is 1.88 bits per heavy atom. The number of nitro groups is 1. The van der Waals surface area contributed by atoms with E-state index in [2.05, 4.69) is 25.2 Å². The Hall–Kier alpha value is -3.42. The van der Waals surface area contributed by atoms with E-state index in [4.69, 9.17) is 4.74 Å². The van der Waals surface area contributed by atoms with E-state index >= 15 is 0 Å². The van der Waals surface area contributed by atoms with Gasteiger partial charge in [0.15, 0.2) is 6.61 Å². The van der Waals surface area contributed by atoms with Gasteiger partial charge in [0.1, 0.15) is 5.69 Å². The first-order valence-corrected chi connectivity index (χ1v) is 11.9. The van der Waals surface area contributed by atoms with Gasteiger partial charge in [-0.25, -0.2) is 4.79 Å². The van der Waals surface area contributed by atoms with E-state index in [-0.39, 0.29) is 17.3 Å². The van der Waals surface area contributed by atoms with Crippen molar-refractivity contribution in [2.75, 3.05) is 24.6 Å². The van der Waals surface area contributed by atoms with E-state index in [0.717, 1.165) is 44.3 Å². The number of fused-ring (bicyclic) bond motifs is 1. The van der Waals surface area contributed by atoms with Crippen LogP contribution in [-0.2, 0) is 16.0 Å². The van der Waals surface area contributed by atoms with Crippen LogP contribution in [-0.4, -0.2) is 36.5 Å². The predicted octanol–water partition coefficient (Wildman–Crippen LogP) is 4.43. The van der Waals surface area contributed by atoms with Crippen molar-refractivity contribution >= 4 is 23.3 Å². The van der Waals surface area contributed by atoms with Crippen LogP contribution < -0.4 is 10.2 Å². The van der Waals surface area contributed by atoms with Gasteiger partial charge in [-0.15, -0.1) is 0 Å². The van der Waals surface area contributed by atoms with E-state index in [1.54, 1.807) is 6.07 Å². The molecule has 0 bridgehead atoms. The zero-order chi connectivity index (χ0) is 24.2. The normalized spacial score (nSPS) is 21.9. The molecule has 2 aromatic rings. The summed E-state index contributed by atoms with van der Waals surface area (Å²) in [4.78, 5) is 38.3. The van der Waals surface area contributed by atoms with Gasteiger partial charge in [0.25, 0.3) is 11.6 Å². The molecule has 1 amide bonds. The van der Waals surface area contributed by atoms with Crippen molar-refractivity contribution in [3.63, 3.8) is 0 Å². The Morgan fingerprint density at radius 3 is 2.62 bits per heavy atom. The highest BCUT2D eigenvalue weighted by Crippen LogP contribution is 2.34. The lowest BCUT2D eigenvalue weighted by Crippen LogP contribution is -2.39. The minimum atomic E-state index is -0.755. The minimum absolute atomic E-state index is 0.0596. The van der Waals surface area contributed by atoms with Crippen molar-refractivity contribution in [2.45, 2.75) is 45.6 Å². The summed E-state index contributed by atoms with van der Waals surface area (Å²) >= 11 is 0. The number of aryl methyl sites for hydroxylation is 1. The van der Waals surface area contributed by atoms with Crippen LogP contribution in [0.2, 0.25) is 0 Å². The predicted molar refractivity (Wildman–Crippen MR) is 129 cm³/mol. The second kappa shape index (κ2) is 10.2. The van der Waals surface area contributed by atoms with E-state index in [9.17, 15) is 19.7 Å². The number of piperidine rings is 1. The smallest absolute Gasteiger partial charge is 0.338 e. The zero-order valence-corrected chi connectivity index (χ0v) is 19.7. The molecule has 4 rings (SSSR count). The summed E-state index contributed by atoms with van der Waals surface area (Å²) in [6.45, 7) is 5.31. The number of rotatable bonds is 6. The van der Waals surface area contributed by atoms with Gasteiger partial charge < -0.3 is 15.0 Å². The number of nitrogens with one attached hydrogen (secondary N) is 1. The summed E-state index contributed by atoms with van der Waals surface area (Å²) < 4.78 is 5.19. The largest absolute Gasteiger partial charge is 0.452 e. The van der Waals surface area contributed by atoms with Crippen LogP contribution >= 0.6 is 0 Å². The molecule has 2 aromatic carbocycles. The van der Waals surface area contributed by atoms with E-state index < -0.39 is 23.4 Å². The molecule has 1 aliphatic heterocycles. The Balaban J connectivity index is 1.40. The molecular formula is C26H31N3O5. The van der Waals surface area contributed by atoms with Crippen LogP contribution in [0.5, 0.6) is 0 Å². The van der Waals surface area contributed by atoms with Crippen molar-refractivity contribution < 1.29 is 19.2 Å². The second-order valence-electron chi connectivity index (χ2n) is 9.60. The first kappa shape index (κ1) is 23.7. The summed E-state index contributed by atoms with van der Waals surface area (Å²) in [5, 5.41) is 14.7. The Kier molecular flexibility index (Phi) is 7.14. The van der Waals surface area contributed by atoms with Crippen molar-refractivity contribution in [1.29, 1.82) is 0 Å². The molecule has 1 heterocycles. The number of nitrogens with zero attached hydrogens (tertiary/aromatic N) is 2. The first-order chi connectivity index (χ1) is 16.3. The van der Waals surface area contributed by atoms with Gasteiger partial charge in [-0.3, -0.25) is 14.9 Å². The Bertz CT molecular complexity index is 1080. The molecule has 1 saturated heterocycles. The summed E-state index contributed by atoms with van der Waals surface area (Å²) in [6.07, 6.45) is 3.88. The molecule has 34 heavy (non-hydrogen) atoms. The highest BCUT2D eigenvalue weighted by Gasteiger charge is 2.28. The average Bonchev–Trinajstić information content (AvgIpc) is 2.81. The highest BCUT2D eigenvalue weighted by molar-refractivity contribution is 5.93. The molecule has 0 saturated carbocycles. The molecule has 3 atom stereocenters. The van der Waals surface area contributed by atoms with Crippen LogP contribution in [0, 0.1) is 22.0 Å². The molecule has 0 aromatic heterocycles. The first-order valence-electron chi connectivity index (χ1n) is 11.9. The van der Waals surface area contributed by atoms with Crippen molar-refractivity contribution in [3.05, 3.63) is 69.3 Å². The summed E-state index contributed by atoms with van der Waals surface area (Å²) in [5.41, 5.74) is 2.76. The zero-order valence-electron chi connectivity index (χ0n) is 19.7. The monoisotopic (exact) mass is 465 g/mol. The summed E-state index contributed by atoms with van der Waals surface area (Å²) in [5.74, 6) is -0.281. The molecule has 0 spiro atoms. The molecule has 1 aliphatic carbocycles. The van der Waals surface area contributed by atoms with Gasteiger partial charge in [0.05, 0.1) is 16.5 Å². The molecule has 1 N–H and O–H groups in total.